The third-order valence-corrected chi connectivity index (χ3v) is 6.72. The predicted molar refractivity (Wildman–Crippen MR) is 101 cm³/mol. The van der Waals surface area contributed by atoms with Gasteiger partial charge in [-0.15, -0.1) is 0 Å². The third-order valence-electron chi connectivity index (χ3n) is 3.05. The van der Waals surface area contributed by atoms with Crippen LogP contribution in [0.4, 0.5) is 0 Å². The standard InChI is InChI=1S/C13H14I3NO2/c14-9-7-10(12(16)11(15)8-9)13(18)19-6-5-17-3-1-2-4-17/h7-8H,1-6H2. The summed E-state index contributed by atoms with van der Waals surface area (Å²) in [5.41, 5.74) is 0.679. The summed E-state index contributed by atoms with van der Waals surface area (Å²) in [6.07, 6.45) is 2.53. The lowest BCUT2D eigenvalue weighted by Gasteiger charge is -2.14. The van der Waals surface area contributed by atoms with E-state index in [1.807, 2.05) is 6.07 Å². The Bertz CT molecular complexity index is 473. The van der Waals surface area contributed by atoms with E-state index in [-0.39, 0.29) is 5.97 Å². The minimum atomic E-state index is -0.208. The van der Waals surface area contributed by atoms with Gasteiger partial charge in [-0.3, -0.25) is 4.90 Å². The number of ether oxygens (including phenoxy) is 1. The number of carbonyl (C=O) groups excluding carboxylic acids is 1. The summed E-state index contributed by atoms with van der Waals surface area (Å²) >= 11 is 6.68. The molecule has 0 saturated carbocycles. The summed E-state index contributed by atoms with van der Waals surface area (Å²) in [6.45, 7) is 3.60. The van der Waals surface area contributed by atoms with Gasteiger partial charge in [0.05, 0.1) is 5.56 Å². The lowest BCUT2D eigenvalue weighted by molar-refractivity contribution is 0.0471. The molecule has 104 valence electrons. The van der Waals surface area contributed by atoms with Gasteiger partial charge in [-0.25, -0.2) is 4.79 Å². The van der Waals surface area contributed by atoms with Crippen LogP contribution in [0.2, 0.25) is 0 Å². The Kier molecular flexibility index (Phi) is 6.60. The van der Waals surface area contributed by atoms with Gasteiger partial charge >= 0.3 is 5.97 Å². The van der Waals surface area contributed by atoms with Crippen LogP contribution in [0.5, 0.6) is 0 Å². The molecule has 0 aliphatic carbocycles. The number of carbonyl (C=O) groups is 1. The summed E-state index contributed by atoms with van der Waals surface area (Å²) in [5.74, 6) is -0.208. The molecule has 1 fully saturated rings. The van der Waals surface area contributed by atoms with Gasteiger partial charge < -0.3 is 4.74 Å². The van der Waals surface area contributed by atoms with Crippen LogP contribution in [0, 0.1) is 10.7 Å². The molecule has 0 bridgehead atoms. The Morgan fingerprint density at radius 2 is 1.89 bits per heavy atom. The van der Waals surface area contributed by atoms with Crippen LogP contribution in [0.25, 0.3) is 0 Å². The molecule has 1 aromatic carbocycles. The van der Waals surface area contributed by atoms with Crippen molar-refractivity contribution in [1.82, 2.24) is 4.90 Å². The molecule has 1 aliphatic heterocycles. The molecular formula is C13H14I3NO2. The van der Waals surface area contributed by atoms with Crippen molar-refractivity contribution in [2.24, 2.45) is 0 Å². The summed E-state index contributed by atoms with van der Waals surface area (Å²) in [5, 5.41) is 0. The van der Waals surface area contributed by atoms with Gasteiger partial charge in [-0.2, -0.15) is 0 Å². The molecule has 0 aromatic heterocycles. The Balaban J connectivity index is 1.92. The first kappa shape index (κ1) is 16.2. The number of nitrogens with zero attached hydrogens (tertiary/aromatic N) is 1. The Morgan fingerprint density at radius 3 is 2.58 bits per heavy atom. The molecule has 0 atom stereocenters. The maximum absolute atomic E-state index is 12.1. The van der Waals surface area contributed by atoms with E-state index in [0.29, 0.717) is 12.2 Å². The molecule has 0 radical (unpaired) electrons. The average molecular weight is 597 g/mol. The molecule has 1 saturated heterocycles. The van der Waals surface area contributed by atoms with E-state index >= 15 is 0 Å². The highest BCUT2D eigenvalue weighted by Gasteiger charge is 2.16. The smallest absolute Gasteiger partial charge is 0.339 e. The lowest BCUT2D eigenvalue weighted by Crippen LogP contribution is -2.25. The van der Waals surface area contributed by atoms with E-state index in [1.165, 1.54) is 12.8 Å². The van der Waals surface area contributed by atoms with Crippen LogP contribution < -0.4 is 0 Å². The molecule has 1 aliphatic rings. The predicted octanol–water partition coefficient (Wildman–Crippen LogP) is 3.75. The zero-order valence-electron chi connectivity index (χ0n) is 10.3. The second kappa shape index (κ2) is 7.74. The maximum atomic E-state index is 12.1. The number of hydrogen-bond donors (Lipinski definition) is 0. The minimum absolute atomic E-state index is 0.208. The number of benzene rings is 1. The zero-order chi connectivity index (χ0) is 13.8. The fraction of sp³-hybridized carbons (Fsp3) is 0.462. The number of rotatable bonds is 4. The van der Waals surface area contributed by atoms with Crippen molar-refractivity contribution in [3.05, 3.63) is 28.4 Å². The monoisotopic (exact) mass is 597 g/mol. The first-order valence-corrected chi connectivity index (χ1v) is 9.35. The SMILES string of the molecule is O=C(OCCN1CCCC1)c1cc(I)cc(I)c1I. The topological polar surface area (TPSA) is 29.5 Å². The fourth-order valence-electron chi connectivity index (χ4n) is 2.06. The van der Waals surface area contributed by atoms with E-state index < -0.39 is 0 Å². The largest absolute Gasteiger partial charge is 0.461 e. The Hall–Kier alpha value is 0.840. The Morgan fingerprint density at radius 1 is 1.21 bits per heavy atom. The van der Waals surface area contributed by atoms with Crippen LogP contribution in [0.3, 0.4) is 0 Å². The molecule has 0 amide bonds. The van der Waals surface area contributed by atoms with Crippen LogP contribution in [-0.4, -0.2) is 37.1 Å². The second-order valence-electron chi connectivity index (χ2n) is 4.43. The first-order chi connectivity index (χ1) is 9.08. The van der Waals surface area contributed by atoms with Crippen LogP contribution >= 0.6 is 67.8 Å². The van der Waals surface area contributed by atoms with Gasteiger partial charge in [0.25, 0.3) is 0 Å². The molecule has 1 aromatic rings. The number of halogens is 3. The highest BCUT2D eigenvalue weighted by atomic mass is 127. The summed E-state index contributed by atoms with van der Waals surface area (Å²) in [6, 6.07) is 3.95. The van der Waals surface area contributed by atoms with Gasteiger partial charge in [0.2, 0.25) is 0 Å². The van der Waals surface area contributed by atoms with Crippen molar-refractivity contribution in [2.45, 2.75) is 12.8 Å². The molecule has 1 heterocycles. The van der Waals surface area contributed by atoms with Gasteiger partial charge in [0.15, 0.2) is 0 Å². The molecule has 0 N–H and O–H groups in total. The highest BCUT2D eigenvalue weighted by molar-refractivity contribution is 14.1. The zero-order valence-corrected chi connectivity index (χ0v) is 16.8. The fourth-order valence-corrected chi connectivity index (χ4v) is 4.43. The van der Waals surface area contributed by atoms with E-state index in [0.717, 1.165) is 30.3 Å². The van der Waals surface area contributed by atoms with Crippen molar-refractivity contribution in [2.75, 3.05) is 26.2 Å². The summed E-state index contributed by atoms with van der Waals surface area (Å²) in [7, 11) is 0. The van der Waals surface area contributed by atoms with E-state index in [1.54, 1.807) is 0 Å². The molecule has 0 spiro atoms. The van der Waals surface area contributed by atoms with Crippen molar-refractivity contribution >= 4 is 73.7 Å². The van der Waals surface area contributed by atoms with Crippen molar-refractivity contribution < 1.29 is 9.53 Å². The molecule has 19 heavy (non-hydrogen) atoms. The number of esters is 1. The van der Waals surface area contributed by atoms with Crippen molar-refractivity contribution in [3.8, 4) is 0 Å². The maximum Gasteiger partial charge on any atom is 0.339 e. The molecule has 0 unspecified atom stereocenters. The quantitative estimate of drug-likeness (QED) is 0.301. The van der Waals surface area contributed by atoms with E-state index in [2.05, 4.69) is 78.7 Å². The average Bonchev–Trinajstić information content (AvgIpc) is 2.86. The van der Waals surface area contributed by atoms with Gasteiger partial charge in [-0.05, 0) is 106 Å². The molecule has 3 nitrogen and oxygen atoms in total. The molecular weight excluding hydrogens is 583 g/mol. The number of likely N-dealkylation sites (tertiary alicyclic amines) is 1. The molecule has 2 rings (SSSR count). The van der Waals surface area contributed by atoms with Crippen LogP contribution in [-0.2, 0) is 4.74 Å². The van der Waals surface area contributed by atoms with Gasteiger partial charge in [0, 0.05) is 17.3 Å². The second-order valence-corrected chi connectivity index (χ2v) is 7.92. The van der Waals surface area contributed by atoms with Crippen molar-refractivity contribution in [1.29, 1.82) is 0 Å². The number of hydrogen-bond acceptors (Lipinski definition) is 3. The lowest BCUT2D eigenvalue weighted by atomic mass is 10.2. The van der Waals surface area contributed by atoms with Crippen molar-refractivity contribution in [3.63, 3.8) is 0 Å². The third kappa shape index (κ3) is 4.67. The summed E-state index contributed by atoms with van der Waals surface area (Å²) < 4.78 is 8.52. The van der Waals surface area contributed by atoms with E-state index in [9.17, 15) is 4.79 Å². The minimum Gasteiger partial charge on any atom is -0.461 e. The van der Waals surface area contributed by atoms with Gasteiger partial charge in [-0.1, -0.05) is 0 Å². The summed E-state index contributed by atoms with van der Waals surface area (Å²) in [4.78, 5) is 14.4. The van der Waals surface area contributed by atoms with Crippen LogP contribution in [0.1, 0.15) is 23.2 Å². The van der Waals surface area contributed by atoms with E-state index in [4.69, 9.17) is 4.74 Å². The highest BCUT2D eigenvalue weighted by Crippen LogP contribution is 2.23. The first-order valence-electron chi connectivity index (χ1n) is 6.12. The molecule has 6 heteroatoms. The van der Waals surface area contributed by atoms with Gasteiger partial charge in [0.1, 0.15) is 6.61 Å². The van der Waals surface area contributed by atoms with Crippen LogP contribution in [0.15, 0.2) is 12.1 Å². The Labute approximate surface area is 154 Å². The normalized spacial score (nSPS) is 15.7.